The molecular formula is C60H50N4O4S3. The normalized spacial score (nSPS) is 11.2. The number of ether oxygens (including phenoxy) is 2. The highest BCUT2D eigenvalue weighted by Gasteiger charge is 2.19. The van der Waals surface area contributed by atoms with Crippen LogP contribution in [0.4, 0.5) is 34.1 Å². The molecule has 0 aliphatic rings. The Bertz CT molecular complexity index is 3210. The van der Waals surface area contributed by atoms with Crippen LogP contribution in [0.15, 0.2) is 182 Å². The second-order valence-corrected chi connectivity index (χ2v) is 20.1. The van der Waals surface area contributed by atoms with Gasteiger partial charge in [0.05, 0.1) is 25.9 Å². The highest BCUT2D eigenvalue weighted by Crippen LogP contribution is 2.44. The maximum absolute atomic E-state index is 11.8. The van der Waals surface area contributed by atoms with Crippen LogP contribution in [0, 0.1) is 13.8 Å². The van der Waals surface area contributed by atoms with Gasteiger partial charge in [0.2, 0.25) is 0 Å². The van der Waals surface area contributed by atoms with Gasteiger partial charge in [-0.3, -0.25) is 9.59 Å². The van der Waals surface area contributed by atoms with Crippen molar-refractivity contribution in [2.24, 2.45) is 0 Å². The second kappa shape index (κ2) is 21.1. The third kappa shape index (κ3) is 10.4. The third-order valence-corrected chi connectivity index (χ3v) is 15.5. The molecule has 352 valence electrons. The number of fused-ring (bicyclic) bond motifs is 1. The van der Waals surface area contributed by atoms with Crippen LogP contribution in [0.3, 0.4) is 0 Å². The van der Waals surface area contributed by atoms with Crippen LogP contribution in [-0.4, -0.2) is 34.9 Å². The number of hydrogen-bond donors (Lipinski definition) is 0. The lowest BCUT2D eigenvalue weighted by atomic mass is 10.1. The highest BCUT2D eigenvalue weighted by molar-refractivity contribution is 7.19. The van der Waals surface area contributed by atoms with Gasteiger partial charge in [-0.05, 0) is 146 Å². The minimum absolute atomic E-state index is 0.207. The number of methoxy groups -OCH3 is 2. The van der Waals surface area contributed by atoms with E-state index in [2.05, 4.69) is 206 Å². The van der Waals surface area contributed by atoms with E-state index in [-0.39, 0.29) is 11.9 Å². The van der Waals surface area contributed by atoms with Crippen molar-refractivity contribution in [3.8, 4) is 41.8 Å². The van der Waals surface area contributed by atoms with E-state index in [0.717, 1.165) is 88.3 Å². The first-order chi connectivity index (χ1) is 34.7. The van der Waals surface area contributed by atoms with Crippen molar-refractivity contribution in [3.63, 3.8) is 0 Å². The lowest BCUT2D eigenvalue weighted by Gasteiger charge is -2.26. The molecule has 0 fully saturated rings. The summed E-state index contributed by atoms with van der Waals surface area (Å²) in [5.41, 5.74) is 17.1. The molecule has 0 unspecified atom stereocenters. The van der Waals surface area contributed by atoms with Gasteiger partial charge in [0.25, 0.3) is 0 Å². The number of benzene rings is 7. The number of aromatic nitrogens is 2. The Balaban J connectivity index is 0.868. The summed E-state index contributed by atoms with van der Waals surface area (Å²) >= 11 is 4.77. The molecule has 71 heavy (non-hydrogen) atoms. The molecule has 8 nitrogen and oxygen atoms in total. The number of carbonyl (C=O) groups excluding carboxylic acids is 2. The molecule has 0 saturated carbocycles. The van der Waals surface area contributed by atoms with Crippen molar-refractivity contribution >= 4 is 91.5 Å². The molecule has 0 bridgehead atoms. The number of nitrogens with zero attached hydrogens (tertiary/aromatic N) is 4. The van der Waals surface area contributed by atoms with Crippen LogP contribution in [0.5, 0.6) is 0 Å². The first-order valence-electron chi connectivity index (χ1n) is 23.4. The van der Waals surface area contributed by atoms with E-state index in [9.17, 15) is 9.59 Å². The molecule has 0 atom stereocenters. The molecule has 3 heterocycles. The maximum Gasteiger partial charge on any atom is 0.305 e. The summed E-state index contributed by atoms with van der Waals surface area (Å²) in [5.74, 6) is -0.413. The smallest absolute Gasteiger partial charge is 0.305 e. The molecule has 0 spiro atoms. The van der Waals surface area contributed by atoms with Gasteiger partial charge in [-0.25, -0.2) is 0 Å². The van der Waals surface area contributed by atoms with E-state index >= 15 is 0 Å². The number of thiophene rings is 2. The van der Waals surface area contributed by atoms with Crippen LogP contribution in [0.1, 0.15) is 35.1 Å². The quantitative estimate of drug-likeness (QED) is 0.0885. The van der Waals surface area contributed by atoms with Gasteiger partial charge >= 0.3 is 11.9 Å². The first-order valence-corrected chi connectivity index (χ1v) is 25.8. The van der Waals surface area contributed by atoms with E-state index in [0.29, 0.717) is 25.7 Å². The Morgan fingerprint density at radius 2 is 0.718 bits per heavy atom. The van der Waals surface area contributed by atoms with Crippen LogP contribution in [0.25, 0.3) is 52.8 Å². The largest absolute Gasteiger partial charge is 0.469 e. The Labute approximate surface area is 426 Å². The summed E-state index contributed by atoms with van der Waals surface area (Å²) in [6.45, 7) is 4.20. The fourth-order valence-corrected chi connectivity index (χ4v) is 11.3. The number of carbonyl (C=O) groups is 2. The van der Waals surface area contributed by atoms with Crippen LogP contribution in [-0.2, 0) is 31.9 Å². The number of rotatable bonds is 16. The summed E-state index contributed by atoms with van der Waals surface area (Å²) in [6, 6.07) is 64.6. The summed E-state index contributed by atoms with van der Waals surface area (Å²) in [6.07, 6.45) is 1.97. The van der Waals surface area contributed by atoms with Crippen molar-refractivity contribution in [2.75, 3.05) is 24.0 Å². The summed E-state index contributed by atoms with van der Waals surface area (Å²) in [5, 5.41) is 0. The Morgan fingerprint density at radius 1 is 0.408 bits per heavy atom. The van der Waals surface area contributed by atoms with E-state index in [1.54, 1.807) is 22.7 Å². The van der Waals surface area contributed by atoms with E-state index in [1.165, 1.54) is 46.8 Å². The standard InChI is InChI=1S/C60H50N4O4S3/c1-39-5-19-45(20-6-39)63(47-23-9-41(10-24-47)13-37-57(65)67-3)49-27-15-43(16-28-49)53-33-35-55(69-53)51-31-32-52(60-59(51)61-71-62-60)56-36-34-54(70-56)44-17-29-50(30-18-44)64(46-21-7-40(2)8-22-46)48-25-11-42(12-26-48)14-38-58(66)68-4/h5-12,15-36H,13-14,37-38H2,1-4H3. The highest BCUT2D eigenvalue weighted by atomic mass is 32.1. The van der Waals surface area contributed by atoms with Crippen LogP contribution < -0.4 is 9.80 Å². The fraction of sp³-hybridized carbons (Fsp3) is 0.133. The fourth-order valence-electron chi connectivity index (χ4n) is 8.69. The molecule has 0 aliphatic heterocycles. The van der Waals surface area contributed by atoms with Gasteiger partial charge in [-0.15, -0.1) is 22.7 Å². The van der Waals surface area contributed by atoms with Gasteiger partial charge in [0.15, 0.2) is 0 Å². The molecule has 3 aromatic heterocycles. The first kappa shape index (κ1) is 47.0. The number of hydrogen-bond acceptors (Lipinski definition) is 11. The van der Waals surface area contributed by atoms with Gasteiger partial charge in [0.1, 0.15) is 11.0 Å². The van der Waals surface area contributed by atoms with Crippen molar-refractivity contribution in [2.45, 2.75) is 39.5 Å². The predicted molar refractivity (Wildman–Crippen MR) is 294 cm³/mol. The monoisotopic (exact) mass is 986 g/mol. The molecule has 0 radical (unpaired) electrons. The van der Waals surface area contributed by atoms with E-state index < -0.39 is 0 Å². The molecular weight excluding hydrogens is 937 g/mol. The Hall–Kier alpha value is -7.70. The topological polar surface area (TPSA) is 84.9 Å². The lowest BCUT2D eigenvalue weighted by Crippen LogP contribution is -2.10. The van der Waals surface area contributed by atoms with Gasteiger partial charge in [-0.1, -0.05) is 96.1 Å². The second-order valence-electron chi connectivity index (χ2n) is 17.4. The molecule has 7 aromatic carbocycles. The summed E-state index contributed by atoms with van der Waals surface area (Å²) < 4.78 is 19.4. The zero-order valence-corrected chi connectivity index (χ0v) is 42.2. The minimum Gasteiger partial charge on any atom is -0.469 e. The van der Waals surface area contributed by atoms with Gasteiger partial charge in [-0.2, -0.15) is 8.75 Å². The van der Waals surface area contributed by atoms with Crippen molar-refractivity contribution in [3.05, 3.63) is 204 Å². The molecule has 0 N–H and O–H groups in total. The molecule has 10 aromatic rings. The molecule has 0 amide bonds. The van der Waals surface area contributed by atoms with E-state index in [4.69, 9.17) is 18.2 Å². The van der Waals surface area contributed by atoms with Crippen molar-refractivity contribution < 1.29 is 19.1 Å². The third-order valence-electron chi connectivity index (χ3n) is 12.6. The zero-order valence-electron chi connectivity index (χ0n) is 39.8. The summed E-state index contributed by atoms with van der Waals surface area (Å²) in [7, 11) is 2.85. The average molecular weight is 987 g/mol. The van der Waals surface area contributed by atoms with Crippen LogP contribution >= 0.6 is 34.4 Å². The molecule has 11 heteroatoms. The Kier molecular flexibility index (Phi) is 14.0. The number of anilines is 6. The lowest BCUT2D eigenvalue weighted by molar-refractivity contribution is -0.141. The maximum atomic E-state index is 11.8. The minimum atomic E-state index is -0.207. The van der Waals surface area contributed by atoms with Gasteiger partial charge < -0.3 is 19.3 Å². The Morgan fingerprint density at radius 3 is 1.06 bits per heavy atom. The SMILES string of the molecule is COC(=O)CCc1ccc(N(c2ccc(C)cc2)c2ccc(-c3ccc(-c4ccc(-c5ccc(-c6ccc(N(c7ccc(C)cc7)c7ccc(CCC(=O)OC)cc7)cc6)s5)c5nsnc45)s3)cc2)cc1. The zero-order chi connectivity index (χ0) is 48.8. The molecule has 0 aliphatic carbocycles. The molecule has 10 rings (SSSR count). The molecule has 0 saturated heterocycles. The van der Waals surface area contributed by atoms with E-state index in [1.807, 2.05) is 0 Å². The van der Waals surface area contributed by atoms with Gasteiger partial charge in [0, 0.05) is 77.6 Å². The van der Waals surface area contributed by atoms with Crippen molar-refractivity contribution in [1.29, 1.82) is 0 Å². The summed E-state index contributed by atoms with van der Waals surface area (Å²) in [4.78, 5) is 32.7. The van der Waals surface area contributed by atoms with Crippen LogP contribution in [0.2, 0.25) is 0 Å². The van der Waals surface area contributed by atoms with Crippen molar-refractivity contribution in [1.82, 2.24) is 8.75 Å². The average Bonchev–Trinajstić information content (AvgIpc) is 4.23. The number of esters is 2. The predicted octanol–water partition coefficient (Wildman–Crippen LogP) is 16.2. The number of aryl methyl sites for hydroxylation is 4.